The van der Waals surface area contributed by atoms with E-state index in [9.17, 15) is 4.79 Å². The Bertz CT molecular complexity index is 724. The molecule has 2 bridgehead atoms. The molecule has 4 rings (SSSR count). The number of rotatable bonds is 0. The Hall–Kier alpha value is -1.89. The summed E-state index contributed by atoms with van der Waals surface area (Å²) >= 11 is 0. The number of Topliss-reactive ketones (excluding diaryl/α,β-unsaturated/α-hetero) is 1. The highest BCUT2D eigenvalue weighted by Gasteiger charge is 2.41. The summed E-state index contributed by atoms with van der Waals surface area (Å²) in [6.07, 6.45) is 6.61. The Balaban J connectivity index is 2.32. The molecule has 0 heterocycles. The minimum Gasteiger partial charge on any atom is -0.293 e. The minimum absolute atomic E-state index is 0.0313. The molecule has 3 aliphatic rings. The van der Waals surface area contributed by atoms with Gasteiger partial charge in [0.05, 0.1) is 5.92 Å². The Morgan fingerprint density at radius 2 is 1.30 bits per heavy atom. The van der Waals surface area contributed by atoms with E-state index in [1.165, 1.54) is 16.7 Å². The van der Waals surface area contributed by atoms with Crippen molar-refractivity contribution in [2.45, 2.75) is 41.5 Å². The normalized spacial score (nSPS) is 21.0. The molecule has 0 unspecified atom stereocenters. The molecule has 0 aliphatic heterocycles. The second kappa shape index (κ2) is 5.06. The van der Waals surface area contributed by atoms with Gasteiger partial charge >= 0.3 is 0 Å². The SMILES string of the molecule is CC(C)(C)C1=CC2=Cc3ccccc3C(=O)C1C(C(C)(C)C)=C2. The Labute approximate surface area is 139 Å². The molecule has 0 saturated carbocycles. The molecule has 1 aromatic rings. The second-order valence-electron chi connectivity index (χ2n) is 8.73. The van der Waals surface area contributed by atoms with Gasteiger partial charge in [0.25, 0.3) is 0 Å². The number of hydrogen-bond acceptors (Lipinski definition) is 1. The first-order valence-corrected chi connectivity index (χ1v) is 8.38. The first-order valence-electron chi connectivity index (χ1n) is 8.38. The van der Waals surface area contributed by atoms with Crippen LogP contribution in [0.15, 0.2) is 53.1 Å². The molecule has 0 spiro atoms. The van der Waals surface area contributed by atoms with Crippen LogP contribution in [-0.4, -0.2) is 5.78 Å². The first kappa shape index (κ1) is 16.0. The molecular formula is C22H26O. The lowest BCUT2D eigenvalue weighted by molar-refractivity contribution is 0.0935. The van der Waals surface area contributed by atoms with Crippen LogP contribution < -0.4 is 0 Å². The van der Waals surface area contributed by atoms with Crippen molar-refractivity contribution in [1.29, 1.82) is 0 Å². The number of allylic oxidation sites excluding steroid dienone is 5. The van der Waals surface area contributed by atoms with Gasteiger partial charge in [-0.05, 0) is 39.2 Å². The van der Waals surface area contributed by atoms with Crippen LogP contribution in [0.25, 0.3) is 6.08 Å². The van der Waals surface area contributed by atoms with Crippen molar-refractivity contribution in [3.05, 3.63) is 64.3 Å². The van der Waals surface area contributed by atoms with Gasteiger partial charge in [-0.15, -0.1) is 0 Å². The summed E-state index contributed by atoms with van der Waals surface area (Å²) in [6.45, 7) is 13.2. The molecule has 1 heteroatoms. The molecule has 0 atom stereocenters. The first-order chi connectivity index (χ1) is 10.6. The third-order valence-electron chi connectivity index (χ3n) is 4.81. The molecule has 0 radical (unpaired) electrons. The van der Waals surface area contributed by atoms with Crippen LogP contribution in [-0.2, 0) is 0 Å². The highest BCUT2D eigenvalue weighted by molar-refractivity contribution is 6.06. The molecule has 0 fully saturated rings. The third-order valence-corrected chi connectivity index (χ3v) is 4.81. The van der Waals surface area contributed by atoms with Crippen molar-refractivity contribution in [2.24, 2.45) is 16.7 Å². The summed E-state index contributed by atoms with van der Waals surface area (Å²) in [5, 5.41) is 0. The number of benzene rings is 1. The van der Waals surface area contributed by atoms with Crippen LogP contribution in [0.2, 0.25) is 0 Å². The van der Waals surface area contributed by atoms with E-state index in [1.807, 2.05) is 24.3 Å². The van der Waals surface area contributed by atoms with E-state index in [-0.39, 0.29) is 22.5 Å². The summed E-state index contributed by atoms with van der Waals surface area (Å²) in [5.41, 5.74) is 5.49. The molecule has 0 N–H and O–H groups in total. The van der Waals surface area contributed by atoms with Gasteiger partial charge in [0.15, 0.2) is 5.78 Å². The van der Waals surface area contributed by atoms with E-state index in [1.54, 1.807) is 0 Å². The van der Waals surface area contributed by atoms with Gasteiger partial charge < -0.3 is 0 Å². The average molecular weight is 306 g/mol. The molecule has 3 aliphatic carbocycles. The zero-order valence-electron chi connectivity index (χ0n) is 15.0. The predicted octanol–water partition coefficient (Wildman–Crippen LogP) is 5.84. The Kier molecular flexibility index (Phi) is 3.51. The van der Waals surface area contributed by atoms with Crippen LogP contribution >= 0.6 is 0 Å². The van der Waals surface area contributed by atoms with Crippen molar-refractivity contribution in [3.8, 4) is 0 Å². The fraction of sp³-hybridized carbons (Fsp3) is 0.409. The number of hydrogen-bond donors (Lipinski definition) is 0. The highest BCUT2D eigenvalue weighted by Crippen LogP contribution is 2.48. The van der Waals surface area contributed by atoms with Gasteiger partial charge in [0.1, 0.15) is 0 Å². The second-order valence-corrected chi connectivity index (χ2v) is 8.73. The lowest BCUT2D eigenvalue weighted by Crippen LogP contribution is -2.34. The van der Waals surface area contributed by atoms with Gasteiger partial charge in [-0.2, -0.15) is 0 Å². The van der Waals surface area contributed by atoms with E-state index >= 15 is 0 Å². The molecule has 120 valence electrons. The van der Waals surface area contributed by atoms with Crippen molar-refractivity contribution in [3.63, 3.8) is 0 Å². The molecule has 0 saturated heterocycles. The van der Waals surface area contributed by atoms with Gasteiger partial charge in [-0.1, -0.05) is 78.0 Å². The fourth-order valence-electron chi connectivity index (χ4n) is 3.58. The van der Waals surface area contributed by atoms with Gasteiger partial charge in [0, 0.05) is 5.56 Å². The average Bonchev–Trinajstić information content (AvgIpc) is 2.42. The van der Waals surface area contributed by atoms with Gasteiger partial charge in [0.2, 0.25) is 0 Å². The maximum atomic E-state index is 13.4. The van der Waals surface area contributed by atoms with E-state index in [0.29, 0.717) is 0 Å². The Morgan fingerprint density at radius 1 is 0.783 bits per heavy atom. The molecule has 1 aromatic carbocycles. The Morgan fingerprint density at radius 3 is 1.83 bits per heavy atom. The standard InChI is InChI=1S/C22H26O/c1-21(2,3)17-12-14-11-15-9-7-8-10-16(15)20(23)19(17)18(13-14)22(4,5)6/h7-13,19H,1-6H3. The van der Waals surface area contributed by atoms with E-state index in [2.05, 4.69) is 59.8 Å². The van der Waals surface area contributed by atoms with Crippen molar-refractivity contribution >= 4 is 11.9 Å². The smallest absolute Gasteiger partial charge is 0.174 e. The van der Waals surface area contributed by atoms with E-state index in [0.717, 1.165) is 11.1 Å². The molecular weight excluding hydrogens is 280 g/mol. The van der Waals surface area contributed by atoms with Gasteiger partial charge in [-0.3, -0.25) is 4.79 Å². The number of carbonyl (C=O) groups is 1. The van der Waals surface area contributed by atoms with Crippen LogP contribution in [0.1, 0.15) is 57.5 Å². The lowest BCUT2D eigenvalue weighted by Gasteiger charge is -2.40. The van der Waals surface area contributed by atoms with Crippen LogP contribution in [0, 0.1) is 16.7 Å². The molecule has 23 heavy (non-hydrogen) atoms. The highest BCUT2D eigenvalue weighted by atomic mass is 16.1. The van der Waals surface area contributed by atoms with Crippen molar-refractivity contribution in [1.82, 2.24) is 0 Å². The van der Waals surface area contributed by atoms with Crippen LogP contribution in [0.3, 0.4) is 0 Å². The summed E-state index contributed by atoms with van der Waals surface area (Å²) in [4.78, 5) is 13.4. The lowest BCUT2D eigenvalue weighted by atomic mass is 9.63. The van der Waals surface area contributed by atoms with Crippen molar-refractivity contribution < 1.29 is 4.79 Å². The number of ketones is 1. The summed E-state index contributed by atoms with van der Waals surface area (Å²) in [6, 6.07) is 7.97. The topological polar surface area (TPSA) is 17.1 Å². The number of carbonyl (C=O) groups excluding carboxylic acids is 1. The maximum absolute atomic E-state index is 13.4. The predicted molar refractivity (Wildman–Crippen MR) is 97.3 cm³/mol. The van der Waals surface area contributed by atoms with E-state index in [4.69, 9.17) is 0 Å². The van der Waals surface area contributed by atoms with Crippen LogP contribution in [0.5, 0.6) is 0 Å². The summed E-state index contributed by atoms with van der Waals surface area (Å²) < 4.78 is 0. The third kappa shape index (κ3) is 2.73. The zero-order valence-corrected chi connectivity index (χ0v) is 15.0. The van der Waals surface area contributed by atoms with Gasteiger partial charge in [-0.25, -0.2) is 0 Å². The summed E-state index contributed by atoms with van der Waals surface area (Å²) in [5.74, 6) is 0.0894. The molecule has 1 nitrogen and oxygen atoms in total. The fourth-order valence-corrected chi connectivity index (χ4v) is 3.58. The largest absolute Gasteiger partial charge is 0.293 e. The maximum Gasteiger partial charge on any atom is 0.174 e. The van der Waals surface area contributed by atoms with E-state index < -0.39 is 0 Å². The van der Waals surface area contributed by atoms with Crippen molar-refractivity contribution in [2.75, 3.05) is 0 Å². The summed E-state index contributed by atoms with van der Waals surface area (Å²) in [7, 11) is 0. The monoisotopic (exact) mass is 306 g/mol. The molecule has 0 amide bonds. The minimum atomic E-state index is -0.145. The quantitative estimate of drug-likeness (QED) is 0.588. The zero-order chi connectivity index (χ0) is 17.0. The molecule has 0 aromatic heterocycles. The van der Waals surface area contributed by atoms with Crippen LogP contribution in [0.4, 0.5) is 0 Å².